The molecule has 1 aliphatic heterocycles. The van der Waals surface area contributed by atoms with E-state index < -0.39 is 0 Å². The highest BCUT2D eigenvalue weighted by molar-refractivity contribution is 5.94. The normalized spacial score (nSPS) is 22.6. The third-order valence-electron chi connectivity index (χ3n) is 5.24. The van der Waals surface area contributed by atoms with E-state index in [1.54, 1.807) is 12.5 Å². The molecule has 0 unspecified atom stereocenters. The fourth-order valence-corrected chi connectivity index (χ4v) is 3.95. The second-order valence-corrected chi connectivity index (χ2v) is 6.95. The minimum Gasteiger partial charge on any atom is -0.373 e. The van der Waals surface area contributed by atoms with Gasteiger partial charge < -0.3 is 14.6 Å². The number of rotatable bonds is 3. The monoisotopic (exact) mass is 325 g/mol. The zero-order valence-electron chi connectivity index (χ0n) is 13.8. The van der Waals surface area contributed by atoms with Crippen molar-refractivity contribution >= 4 is 5.91 Å². The maximum atomic E-state index is 12.5. The average Bonchev–Trinajstić information content (AvgIpc) is 3.27. The van der Waals surface area contributed by atoms with E-state index in [2.05, 4.69) is 10.3 Å². The number of nitrogens with one attached hydrogen (secondary N) is 1. The molecule has 1 saturated heterocycles. The fraction of sp³-hybridized carbons (Fsp3) is 0.474. The lowest BCUT2D eigenvalue weighted by Gasteiger charge is -2.32. The first-order valence-corrected chi connectivity index (χ1v) is 8.77. The van der Waals surface area contributed by atoms with Gasteiger partial charge in [0, 0.05) is 23.6 Å². The Bertz CT molecular complexity index is 688. The van der Waals surface area contributed by atoms with Gasteiger partial charge in [-0.05, 0) is 43.5 Å². The Morgan fingerprint density at radius 2 is 2.00 bits per heavy atom. The molecule has 2 aliphatic rings. The summed E-state index contributed by atoms with van der Waals surface area (Å²) in [6.45, 7) is 0.638. The molecule has 126 valence electrons. The first-order chi connectivity index (χ1) is 11.7. The minimum absolute atomic E-state index is 0.0198. The highest BCUT2D eigenvalue weighted by Crippen LogP contribution is 2.39. The van der Waals surface area contributed by atoms with Gasteiger partial charge in [0.2, 0.25) is 0 Å². The van der Waals surface area contributed by atoms with E-state index in [1.165, 1.54) is 19.3 Å². The van der Waals surface area contributed by atoms with Gasteiger partial charge in [-0.3, -0.25) is 4.79 Å². The molecule has 2 aromatic rings. The largest absolute Gasteiger partial charge is 0.373 e. The van der Waals surface area contributed by atoms with Crippen LogP contribution < -0.4 is 5.32 Å². The summed E-state index contributed by atoms with van der Waals surface area (Å²) >= 11 is 0. The Morgan fingerprint density at radius 1 is 1.21 bits per heavy atom. The van der Waals surface area contributed by atoms with Gasteiger partial charge >= 0.3 is 0 Å². The van der Waals surface area contributed by atoms with E-state index in [9.17, 15) is 4.79 Å². The summed E-state index contributed by atoms with van der Waals surface area (Å²) in [5, 5.41) is 3.14. The van der Waals surface area contributed by atoms with Crippen molar-refractivity contribution in [3.05, 3.63) is 48.5 Å². The summed E-state index contributed by atoms with van der Waals surface area (Å²) in [6, 6.07) is 7.71. The molecule has 0 radical (unpaired) electrons. The SMILES string of the molecule is O=C(N[C@@H]1COC2(CCCCC2)C1)c1ccc(-n2ccnc2)cc1. The molecule has 1 atom stereocenters. The summed E-state index contributed by atoms with van der Waals surface area (Å²) < 4.78 is 7.99. The van der Waals surface area contributed by atoms with Crippen molar-refractivity contribution in [3.63, 3.8) is 0 Å². The summed E-state index contributed by atoms with van der Waals surface area (Å²) in [5.74, 6) is -0.0198. The summed E-state index contributed by atoms with van der Waals surface area (Å²) in [6.07, 6.45) is 12.4. The van der Waals surface area contributed by atoms with Crippen LogP contribution in [0, 0.1) is 0 Å². The molecule has 1 spiro atoms. The number of benzene rings is 1. The Hall–Kier alpha value is -2.14. The molecule has 5 nitrogen and oxygen atoms in total. The van der Waals surface area contributed by atoms with Gasteiger partial charge in [0.1, 0.15) is 0 Å². The number of nitrogens with zero attached hydrogens (tertiary/aromatic N) is 2. The van der Waals surface area contributed by atoms with Crippen molar-refractivity contribution in [1.29, 1.82) is 0 Å². The molecule has 5 heteroatoms. The zero-order valence-corrected chi connectivity index (χ0v) is 13.8. The third-order valence-corrected chi connectivity index (χ3v) is 5.24. The molecular formula is C19H23N3O2. The van der Waals surface area contributed by atoms with E-state index >= 15 is 0 Å². The molecule has 1 saturated carbocycles. The molecule has 0 bridgehead atoms. The number of amides is 1. The summed E-state index contributed by atoms with van der Waals surface area (Å²) in [4.78, 5) is 16.5. The summed E-state index contributed by atoms with van der Waals surface area (Å²) in [5.41, 5.74) is 1.71. The van der Waals surface area contributed by atoms with Gasteiger partial charge in [0.25, 0.3) is 5.91 Å². The molecular weight excluding hydrogens is 302 g/mol. The lowest BCUT2D eigenvalue weighted by Crippen LogP contribution is -2.37. The molecule has 1 N–H and O–H groups in total. The first-order valence-electron chi connectivity index (χ1n) is 8.77. The molecule has 2 fully saturated rings. The van der Waals surface area contributed by atoms with E-state index in [-0.39, 0.29) is 17.6 Å². The quantitative estimate of drug-likeness (QED) is 0.943. The van der Waals surface area contributed by atoms with Crippen molar-refractivity contribution in [3.8, 4) is 5.69 Å². The van der Waals surface area contributed by atoms with Crippen molar-refractivity contribution in [2.45, 2.75) is 50.2 Å². The number of hydrogen-bond donors (Lipinski definition) is 1. The average molecular weight is 325 g/mol. The Labute approximate surface area is 142 Å². The number of hydrogen-bond acceptors (Lipinski definition) is 3. The van der Waals surface area contributed by atoms with Crippen LogP contribution in [0.3, 0.4) is 0 Å². The number of ether oxygens (including phenoxy) is 1. The molecule has 4 rings (SSSR count). The van der Waals surface area contributed by atoms with Crippen LogP contribution >= 0.6 is 0 Å². The third kappa shape index (κ3) is 3.08. The molecule has 1 amide bonds. The Morgan fingerprint density at radius 3 is 2.71 bits per heavy atom. The van der Waals surface area contributed by atoms with E-state index in [4.69, 9.17) is 4.74 Å². The fourth-order valence-electron chi connectivity index (χ4n) is 3.95. The number of carbonyl (C=O) groups is 1. The van der Waals surface area contributed by atoms with Crippen LogP contribution in [0.2, 0.25) is 0 Å². The number of aromatic nitrogens is 2. The Kier molecular flexibility index (Phi) is 4.10. The molecule has 2 heterocycles. The number of carbonyl (C=O) groups excluding carboxylic acids is 1. The van der Waals surface area contributed by atoms with Gasteiger partial charge in [-0.2, -0.15) is 0 Å². The standard InChI is InChI=1S/C19H23N3O2/c23-18(15-4-6-17(7-5-15)22-11-10-20-14-22)21-16-12-19(24-13-16)8-2-1-3-9-19/h4-7,10-11,14,16H,1-3,8-9,12-13H2,(H,21,23)/t16-/m0/s1. The zero-order chi connectivity index (χ0) is 16.4. The molecule has 1 aromatic carbocycles. The van der Waals surface area contributed by atoms with Crippen LogP contribution in [0.1, 0.15) is 48.9 Å². The van der Waals surface area contributed by atoms with Crippen molar-refractivity contribution in [1.82, 2.24) is 14.9 Å². The topological polar surface area (TPSA) is 56.1 Å². The van der Waals surface area contributed by atoms with Gasteiger partial charge in [0.15, 0.2) is 0 Å². The number of imidazole rings is 1. The lowest BCUT2D eigenvalue weighted by molar-refractivity contribution is -0.0246. The van der Waals surface area contributed by atoms with Crippen LogP contribution in [-0.4, -0.2) is 33.7 Å². The molecule has 24 heavy (non-hydrogen) atoms. The first kappa shape index (κ1) is 15.4. The predicted octanol–water partition coefficient (Wildman–Crippen LogP) is 3.09. The Balaban J connectivity index is 1.38. The van der Waals surface area contributed by atoms with Gasteiger partial charge in [-0.25, -0.2) is 4.98 Å². The van der Waals surface area contributed by atoms with Crippen LogP contribution in [0.15, 0.2) is 43.0 Å². The smallest absolute Gasteiger partial charge is 0.251 e. The second kappa shape index (κ2) is 6.40. The van der Waals surface area contributed by atoms with Gasteiger partial charge in [0.05, 0.1) is 24.6 Å². The second-order valence-electron chi connectivity index (χ2n) is 6.95. The molecule has 1 aromatic heterocycles. The highest BCUT2D eigenvalue weighted by atomic mass is 16.5. The van der Waals surface area contributed by atoms with Crippen molar-refractivity contribution in [2.24, 2.45) is 0 Å². The van der Waals surface area contributed by atoms with E-state index in [0.717, 1.165) is 24.9 Å². The van der Waals surface area contributed by atoms with Crippen LogP contribution in [0.4, 0.5) is 0 Å². The van der Waals surface area contributed by atoms with Crippen molar-refractivity contribution in [2.75, 3.05) is 6.61 Å². The maximum Gasteiger partial charge on any atom is 0.251 e. The lowest BCUT2D eigenvalue weighted by atomic mass is 9.82. The summed E-state index contributed by atoms with van der Waals surface area (Å²) in [7, 11) is 0. The highest BCUT2D eigenvalue weighted by Gasteiger charge is 2.41. The van der Waals surface area contributed by atoms with Crippen LogP contribution in [-0.2, 0) is 4.74 Å². The van der Waals surface area contributed by atoms with E-state index in [0.29, 0.717) is 12.2 Å². The van der Waals surface area contributed by atoms with Crippen LogP contribution in [0.5, 0.6) is 0 Å². The van der Waals surface area contributed by atoms with E-state index in [1.807, 2.05) is 35.0 Å². The predicted molar refractivity (Wildman–Crippen MR) is 91.2 cm³/mol. The van der Waals surface area contributed by atoms with Gasteiger partial charge in [-0.1, -0.05) is 19.3 Å². The minimum atomic E-state index is -0.0198. The van der Waals surface area contributed by atoms with Gasteiger partial charge in [-0.15, -0.1) is 0 Å². The van der Waals surface area contributed by atoms with Crippen LogP contribution in [0.25, 0.3) is 5.69 Å². The van der Waals surface area contributed by atoms with Crippen molar-refractivity contribution < 1.29 is 9.53 Å². The maximum absolute atomic E-state index is 12.5. The molecule has 1 aliphatic carbocycles.